The summed E-state index contributed by atoms with van der Waals surface area (Å²) >= 11 is 0. The Morgan fingerprint density at radius 3 is 2.28 bits per heavy atom. The van der Waals surface area contributed by atoms with Gasteiger partial charge >= 0.3 is 0 Å². The lowest BCUT2D eigenvalue weighted by atomic mass is 10.1. The zero-order valence-electron chi connectivity index (χ0n) is 14.6. The molecule has 0 radical (unpaired) electrons. The van der Waals surface area contributed by atoms with Crippen LogP contribution in [0.25, 0.3) is 0 Å². The maximum atomic E-state index is 13.0. The fourth-order valence-corrected chi connectivity index (χ4v) is 3.25. The topological polar surface area (TPSA) is 66.5 Å². The highest BCUT2D eigenvalue weighted by Crippen LogP contribution is 2.20. The molecular formula is C18H21FN2O3S. The number of rotatable bonds is 5. The minimum atomic E-state index is -3.62. The zero-order chi connectivity index (χ0) is 18.8. The first-order valence-corrected chi connectivity index (χ1v) is 9.16. The molecule has 2 aromatic rings. The van der Waals surface area contributed by atoms with Crippen molar-refractivity contribution < 1.29 is 17.6 Å². The number of sulfonamides is 1. The average molecular weight is 364 g/mol. The van der Waals surface area contributed by atoms with Gasteiger partial charge in [0, 0.05) is 19.7 Å². The van der Waals surface area contributed by atoms with Gasteiger partial charge in [-0.05, 0) is 49.2 Å². The van der Waals surface area contributed by atoms with Crippen LogP contribution in [0.5, 0.6) is 0 Å². The normalized spacial score (nSPS) is 12.9. The second-order valence-electron chi connectivity index (χ2n) is 6.01. The Bertz CT molecular complexity index is 878. The minimum absolute atomic E-state index is 0.0580. The van der Waals surface area contributed by atoms with E-state index in [2.05, 4.69) is 5.32 Å². The van der Waals surface area contributed by atoms with E-state index in [1.165, 1.54) is 38.4 Å². The molecule has 0 saturated heterocycles. The highest BCUT2D eigenvalue weighted by Gasteiger charge is 2.21. The van der Waals surface area contributed by atoms with Gasteiger partial charge in [0.1, 0.15) is 5.82 Å². The van der Waals surface area contributed by atoms with Crippen molar-refractivity contribution in [1.82, 2.24) is 9.62 Å². The molecule has 134 valence electrons. The number of nitrogens with one attached hydrogen (secondary N) is 1. The quantitative estimate of drug-likeness (QED) is 0.887. The summed E-state index contributed by atoms with van der Waals surface area (Å²) in [4.78, 5) is 12.6. The van der Waals surface area contributed by atoms with E-state index in [0.29, 0.717) is 5.56 Å². The van der Waals surface area contributed by atoms with Crippen LogP contribution in [0.2, 0.25) is 0 Å². The van der Waals surface area contributed by atoms with Crippen molar-refractivity contribution >= 4 is 15.9 Å². The van der Waals surface area contributed by atoms with Gasteiger partial charge in [0.25, 0.3) is 5.91 Å². The molecule has 0 aliphatic carbocycles. The SMILES string of the molecule is Cc1ccc(S(=O)(=O)N(C)C)cc1C(=O)N[C@H](C)c1ccc(F)cc1. The number of amides is 1. The third kappa shape index (κ3) is 4.24. The van der Waals surface area contributed by atoms with Gasteiger partial charge in [-0.15, -0.1) is 0 Å². The molecule has 0 unspecified atom stereocenters. The van der Waals surface area contributed by atoms with E-state index in [9.17, 15) is 17.6 Å². The standard InChI is InChI=1S/C18H21FN2O3S/c1-12-5-10-16(25(23,24)21(3)4)11-17(12)18(22)20-13(2)14-6-8-15(19)9-7-14/h5-11,13H,1-4H3,(H,20,22)/t13-/m1/s1. The van der Waals surface area contributed by atoms with Crippen LogP contribution in [0.15, 0.2) is 47.4 Å². The first-order chi connectivity index (χ1) is 11.6. The molecule has 0 heterocycles. The average Bonchev–Trinajstić information content (AvgIpc) is 2.55. The van der Waals surface area contributed by atoms with Crippen LogP contribution < -0.4 is 5.32 Å². The molecule has 1 atom stereocenters. The van der Waals surface area contributed by atoms with Crippen molar-refractivity contribution in [1.29, 1.82) is 0 Å². The third-order valence-electron chi connectivity index (χ3n) is 3.95. The second kappa shape index (κ2) is 7.33. The van der Waals surface area contributed by atoms with Crippen LogP contribution in [-0.2, 0) is 10.0 Å². The molecule has 1 amide bonds. The maximum absolute atomic E-state index is 13.0. The largest absolute Gasteiger partial charge is 0.346 e. The number of carbonyl (C=O) groups is 1. The van der Waals surface area contributed by atoms with E-state index >= 15 is 0 Å². The Morgan fingerprint density at radius 1 is 1.12 bits per heavy atom. The minimum Gasteiger partial charge on any atom is -0.346 e. The van der Waals surface area contributed by atoms with Crippen molar-refractivity contribution in [2.75, 3.05) is 14.1 Å². The second-order valence-corrected chi connectivity index (χ2v) is 8.16. The lowest BCUT2D eigenvalue weighted by Crippen LogP contribution is -2.28. The lowest BCUT2D eigenvalue weighted by Gasteiger charge is -2.17. The molecule has 0 bridgehead atoms. The van der Waals surface area contributed by atoms with Crippen LogP contribution in [0.4, 0.5) is 4.39 Å². The molecule has 0 fully saturated rings. The molecule has 7 heteroatoms. The summed E-state index contributed by atoms with van der Waals surface area (Å²) in [5, 5.41) is 2.81. The van der Waals surface area contributed by atoms with E-state index in [1.54, 1.807) is 32.0 Å². The first kappa shape index (κ1) is 19.1. The van der Waals surface area contributed by atoms with Crippen molar-refractivity contribution in [3.63, 3.8) is 0 Å². The Balaban J connectivity index is 2.28. The predicted octanol–water partition coefficient (Wildman–Crippen LogP) is 2.88. The van der Waals surface area contributed by atoms with Crippen LogP contribution in [0, 0.1) is 12.7 Å². The van der Waals surface area contributed by atoms with E-state index in [0.717, 1.165) is 9.87 Å². The van der Waals surface area contributed by atoms with Gasteiger partial charge in [-0.25, -0.2) is 17.1 Å². The van der Waals surface area contributed by atoms with Crippen molar-refractivity contribution in [2.45, 2.75) is 24.8 Å². The summed E-state index contributed by atoms with van der Waals surface area (Å²) in [5.74, 6) is -0.732. The van der Waals surface area contributed by atoms with Crippen LogP contribution in [0.1, 0.15) is 34.5 Å². The highest BCUT2D eigenvalue weighted by molar-refractivity contribution is 7.89. The number of hydrogen-bond acceptors (Lipinski definition) is 3. The highest BCUT2D eigenvalue weighted by atomic mass is 32.2. The fourth-order valence-electron chi connectivity index (χ4n) is 2.33. The number of carbonyl (C=O) groups excluding carboxylic acids is 1. The molecular weight excluding hydrogens is 343 g/mol. The first-order valence-electron chi connectivity index (χ1n) is 7.72. The summed E-state index contributed by atoms with van der Waals surface area (Å²) in [5.41, 5.74) is 1.71. The van der Waals surface area contributed by atoms with Gasteiger partial charge in [-0.3, -0.25) is 4.79 Å². The van der Waals surface area contributed by atoms with Gasteiger partial charge in [0.05, 0.1) is 10.9 Å². The molecule has 2 rings (SSSR count). The molecule has 1 N–H and O–H groups in total. The van der Waals surface area contributed by atoms with Gasteiger partial charge < -0.3 is 5.32 Å². The van der Waals surface area contributed by atoms with Crippen molar-refractivity contribution in [2.24, 2.45) is 0 Å². The summed E-state index contributed by atoms with van der Waals surface area (Å²) < 4.78 is 38.6. The van der Waals surface area contributed by atoms with E-state index < -0.39 is 10.0 Å². The van der Waals surface area contributed by atoms with E-state index in [4.69, 9.17) is 0 Å². The van der Waals surface area contributed by atoms with Gasteiger partial charge in [0.15, 0.2) is 0 Å². The van der Waals surface area contributed by atoms with E-state index in [1.807, 2.05) is 0 Å². The van der Waals surface area contributed by atoms with Crippen molar-refractivity contribution in [3.8, 4) is 0 Å². The number of halogens is 1. The smallest absolute Gasteiger partial charge is 0.252 e. The lowest BCUT2D eigenvalue weighted by molar-refractivity contribution is 0.0939. The maximum Gasteiger partial charge on any atom is 0.252 e. The number of nitrogens with zero attached hydrogens (tertiary/aromatic N) is 1. The summed E-state index contributed by atoms with van der Waals surface area (Å²) in [6.07, 6.45) is 0. The van der Waals surface area contributed by atoms with Crippen molar-refractivity contribution in [3.05, 3.63) is 65.0 Å². The van der Waals surface area contributed by atoms with Crippen LogP contribution in [0.3, 0.4) is 0 Å². The monoisotopic (exact) mass is 364 g/mol. The van der Waals surface area contributed by atoms with Gasteiger partial charge in [-0.1, -0.05) is 18.2 Å². The number of hydrogen-bond donors (Lipinski definition) is 1. The molecule has 0 aliphatic heterocycles. The predicted molar refractivity (Wildman–Crippen MR) is 94.3 cm³/mol. The Labute approximate surface area is 147 Å². The summed E-state index contributed by atoms with van der Waals surface area (Å²) in [6.45, 7) is 3.52. The van der Waals surface area contributed by atoms with Gasteiger partial charge in [-0.2, -0.15) is 0 Å². The van der Waals surface area contributed by atoms with Gasteiger partial charge in [0.2, 0.25) is 10.0 Å². The molecule has 0 saturated carbocycles. The Hall–Kier alpha value is -2.25. The summed E-state index contributed by atoms with van der Waals surface area (Å²) in [6, 6.07) is 9.96. The van der Waals surface area contributed by atoms with E-state index in [-0.39, 0.29) is 28.2 Å². The molecule has 25 heavy (non-hydrogen) atoms. The van der Waals surface area contributed by atoms with Crippen LogP contribution in [-0.4, -0.2) is 32.7 Å². The third-order valence-corrected chi connectivity index (χ3v) is 5.76. The zero-order valence-corrected chi connectivity index (χ0v) is 15.4. The molecule has 2 aromatic carbocycles. The molecule has 0 aromatic heterocycles. The Morgan fingerprint density at radius 2 is 1.72 bits per heavy atom. The molecule has 0 spiro atoms. The fraction of sp³-hybridized carbons (Fsp3) is 0.278. The number of benzene rings is 2. The Kier molecular flexibility index (Phi) is 5.59. The molecule has 0 aliphatic rings. The summed E-state index contributed by atoms with van der Waals surface area (Å²) in [7, 11) is -0.751. The number of aryl methyl sites for hydroxylation is 1. The molecule has 5 nitrogen and oxygen atoms in total. The van der Waals surface area contributed by atoms with Crippen LogP contribution >= 0.6 is 0 Å².